The number of piperazine rings is 1. The van der Waals surface area contributed by atoms with Crippen LogP contribution >= 0.6 is 0 Å². The van der Waals surface area contributed by atoms with Gasteiger partial charge < -0.3 is 14.4 Å². The van der Waals surface area contributed by atoms with Crippen LogP contribution in [-0.4, -0.2) is 41.6 Å². The molecule has 4 rings (SSSR count). The van der Waals surface area contributed by atoms with Crippen molar-refractivity contribution < 1.29 is 4.79 Å². The molecule has 0 radical (unpaired) electrons. The molecule has 0 saturated carbocycles. The maximum Gasteiger partial charge on any atom is 0.242 e. The van der Waals surface area contributed by atoms with E-state index in [1.54, 1.807) is 0 Å². The van der Waals surface area contributed by atoms with E-state index in [1.807, 2.05) is 27.8 Å². The first kappa shape index (κ1) is 15.8. The van der Waals surface area contributed by atoms with E-state index in [1.165, 1.54) is 16.6 Å². The van der Waals surface area contributed by atoms with Gasteiger partial charge in [-0.05, 0) is 42.1 Å². The van der Waals surface area contributed by atoms with Gasteiger partial charge in [0.15, 0.2) is 0 Å². The highest BCUT2D eigenvalue weighted by Gasteiger charge is 2.21. The molecule has 1 amide bonds. The van der Waals surface area contributed by atoms with Crippen LogP contribution in [0, 0.1) is 6.92 Å². The molecule has 2 aromatic carbocycles. The van der Waals surface area contributed by atoms with Crippen LogP contribution in [0.15, 0.2) is 60.8 Å². The second kappa shape index (κ2) is 6.63. The molecule has 1 aliphatic rings. The van der Waals surface area contributed by atoms with E-state index in [-0.39, 0.29) is 5.91 Å². The van der Waals surface area contributed by atoms with Crippen molar-refractivity contribution in [3.63, 3.8) is 0 Å². The van der Waals surface area contributed by atoms with Crippen molar-refractivity contribution in [2.75, 3.05) is 31.1 Å². The molecule has 1 saturated heterocycles. The van der Waals surface area contributed by atoms with Gasteiger partial charge in [-0.3, -0.25) is 4.79 Å². The zero-order chi connectivity index (χ0) is 17.2. The fourth-order valence-corrected chi connectivity index (χ4v) is 3.56. The zero-order valence-electron chi connectivity index (χ0n) is 14.6. The van der Waals surface area contributed by atoms with Crippen LogP contribution < -0.4 is 4.90 Å². The molecule has 0 unspecified atom stereocenters. The number of hydrogen-bond acceptors (Lipinski definition) is 2. The summed E-state index contributed by atoms with van der Waals surface area (Å²) in [5.41, 5.74) is 3.65. The van der Waals surface area contributed by atoms with Gasteiger partial charge in [0.25, 0.3) is 0 Å². The minimum Gasteiger partial charge on any atom is -0.368 e. The number of anilines is 1. The third-order valence-electron chi connectivity index (χ3n) is 4.99. The van der Waals surface area contributed by atoms with Crippen molar-refractivity contribution >= 4 is 22.5 Å². The number of carbonyl (C=O) groups is 1. The van der Waals surface area contributed by atoms with E-state index in [0.29, 0.717) is 6.54 Å². The van der Waals surface area contributed by atoms with Crippen LogP contribution in [0.1, 0.15) is 5.56 Å². The standard InChI is InChI=1S/C21H23N3O/c1-17-5-4-7-19(15-17)22-11-13-23(14-12-22)21(25)16-24-10-9-18-6-2-3-8-20(18)24/h2-10,15H,11-14,16H2,1H3. The predicted molar refractivity (Wildman–Crippen MR) is 102 cm³/mol. The average Bonchev–Trinajstić information content (AvgIpc) is 3.05. The van der Waals surface area contributed by atoms with Crippen molar-refractivity contribution in [1.82, 2.24) is 9.47 Å². The molecule has 2 heterocycles. The van der Waals surface area contributed by atoms with Crippen LogP contribution in [0.3, 0.4) is 0 Å². The molecule has 0 N–H and O–H groups in total. The summed E-state index contributed by atoms with van der Waals surface area (Å²) < 4.78 is 2.05. The Morgan fingerprint density at radius 2 is 1.76 bits per heavy atom. The van der Waals surface area contributed by atoms with E-state index < -0.39 is 0 Å². The molecule has 0 spiro atoms. The lowest BCUT2D eigenvalue weighted by atomic mass is 10.2. The fourth-order valence-electron chi connectivity index (χ4n) is 3.56. The highest BCUT2D eigenvalue weighted by molar-refractivity contribution is 5.83. The molecule has 1 aliphatic heterocycles. The first-order chi connectivity index (χ1) is 12.2. The largest absolute Gasteiger partial charge is 0.368 e. The Labute approximate surface area is 148 Å². The molecular formula is C21H23N3O. The zero-order valence-corrected chi connectivity index (χ0v) is 14.6. The van der Waals surface area contributed by atoms with Crippen molar-refractivity contribution in [1.29, 1.82) is 0 Å². The predicted octanol–water partition coefficient (Wildman–Crippen LogP) is 3.30. The summed E-state index contributed by atoms with van der Waals surface area (Å²) in [5.74, 6) is 0.199. The van der Waals surface area contributed by atoms with Gasteiger partial charge in [-0.15, -0.1) is 0 Å². The van der Waals surface area contributed by atoms with Crippen molar-refractivity contribution in [3.8, 4) is 0 Å². The van der Waals surface area contributed by atoms with Gasteiger partial charge in [-0.2, -0.15) is 0 Å². The maximum absolute atomic E-state index is 12.7. The van der Waals surface area contributed by atoms with Gasteiger partial charge in [0.05, 0.1) is 0 Å². The van der Waals surface area contributed by atoms with Gasteiger partial charge in [0, 0.05) is 43.6 Å². The molecule has 0 atom stereocenters. The SMILES string of the molecule is Cc1cccc(N2CCN(C(=O)Cn3ccc4ccccc43)CC2)c1. The Bertz CT molecular complexity index is 891. The molecule has 1 aromatic heterocycles. The van der Waals surface area contributed by atoms with E-state index in [2.05, 4.69) is 54.3 Å². The number of aryl methyl sites for hydroxylation is 1. The van der Waals surface area contributed by atoms with Gasteiger partial charge in [0.2, 0.25) is 5.91 Å². The monoisotopic (exact) mass is 333 g/mol. The smallest absolute Gasteiger partial charge is 0.242 e. The Hall–Kier alpha value is -2.75. The summed E-state index contributed by atoms with van der Waals surface area (Å²) in [5, 5.41) is 1.18. The number of rotatable bonds is 3. The van der Waals surface area contributed by atoms with Gasteiger partial charge in [-0.25, -0.2) is 0 Å². The summed E-state index contributed by atoms with van der Waals surface area (Å²) in [4.78, 5) is 17.0. The number of hydrogen-bond donors (Lipinski definition) is 0. The second-order valence-electron chi connectivity index (χ2n) is 6.71. The summed E-state index contributed by atoms with van der Waals surface area (Å²) in [6.07, 6.45) is 2.01. The molecule has 0 aliphatic carbocycles. The molecule has 4 nitrogen and oxygen atoms in total. The Morgan fingerprint density at radius 1 is 0.960 bits per heavy atom. The molecule has 1 fully saturated rings. The number of carbonyl (C=O) groups excluding carboxylic acids is 1. The van der Waals surface area contributed by atoms with Crippen molar-refractivity contribution in [2.45, 2.75) is 13.5 Å². The summed E-state index contributed by atoms with van der Waals surface area (Å²) in [7, 11) is 0. The third-order valence-corrected chi connectivity index (χ3v) is 4.99. The molecular weight excluding hydrogens is 310 g/mol. The fraction of sp³-hybridized carbons (Fsp3) is 0.286. The summed E-state index contributed by atoms with van der Waals surface area (Å²) in [6.45, 7) is 5.88. The van der Waals surface area contributed by atoms with Crippen LogP contribution in [0.5, 0.6) is 0 Å². The van der Waals surface area contributed by atoms with E-state index >= 15 is 0 Å². The molecule has 3 aromatic rings. The number of para-hydroxylation sites is 1. The van der Waals surface area contributed by atoms with Gasteiger partial charge >= 0.3 is 0 Å². The van der Waals surface area contributed by atoms with Crippen LogP contribution in [0.4, 0.5) is 5.69 Å². The lowest BCUT2D eigenvalue weighted by molar-refractivity contribution is -0.132. The van der Waals surface area contributed by atoms with Crippen LogP contribution in [0.2, 0.25) is 0 Å². The maximum atomic E-state index is 12.7. The second-order valence-corrected chi connectivity index (χ2v) is 6.71. The lowest BCUT2D eigenvalue weighted by Crippen LogP contribution is -2.49. The Morgan fingerprint density at radius 3 is 2.56 bits per heavy atom. The molecule has 0 bridgehead atoms. The van der Waals surface area contributed by atoms with Gasteiger partial charge in [-0.1, -0.05) is 30.3 Å². The summed E-state index contributed by atoms with van der Waals surface area (Å²) >= 11 is 0. The number of aromatic nitrogens is 1. The molecule has 25 heavy (non-hydrogen) atoms. The Kier molecular flexibility index (Phi) is 4.18. The highest BCUT2D eigenvalue weighted by atomic mass is 16.2. The lowest BCUT2D eigenvalue weighted by Gasteiger charge is -2.36. The minimum absolute atomic E-state index is 0.199. The number of nitrogens with zero attached hydrogens (tertiary/aromatic N) is 3. The normalized spacial score (nSPS) is 14.9. The van der Waals surface area contributed by atoms with E-state index in [4.69, 9.17) is 0 Å². The first-order valence-electron chi connectivity index (χ1n) is 8.84. The average molecular weight is 333 g/mol. The Balaban J connectivity index is 1.40. The van der Waals surface area contributed by atoms with Crippen molar-refractivity contribution in [3.05, 3.63) is 66.4 Å². The molecule has 128 valence electrons. The van der Waals surface area contributed by atoms with Crippen LogP contribution in [-0.2, 0) is 11.3 Å². The van der Waals surface area contributed by atoms with Gasteiger partial charge in [0.1, 0.15) is 6.54 Å². The number of amides is 1. The molecule has 4 heteroatoms. The van der Waals surface area contributed by atoms with E-state index in [0.717, 1.165) is 31.7 Å². The highest BCUT2D eigenvalue weighted by Crippen LogP contribution is 2.19. The number of benzene rings is 2. The summed E-state index contributed by atoms with van der Waals surface area (Å²) in [6, 6.07) is 18.8. The topological polar surface area (TPSA) is 28.5 Å². The van der Waals surface area contributed by atoms with E-state index in [9.17, 15) is 4.79 Å². The quantitative estimate of drug-likeness (QED) is 0.736. The minimum atomic E-state index is 0.199. The third kappa shape index (κ3) is 3.25. The number of fused-ring (bicyclic) bond motifs is 1. The van der Waals surface area contributed by atoms with Crippen molar-refractivity contribution in [2.24, 2.45) is 0 Å². The van der Waals surface area contributed by atoms with Crippen LogP contribution in [0.25, 0.3) is 10.9 Å². The first-order valence-corrected chi connectivity index (χ1v) is 8.84.